The average molecular weight is 320 g/mol. The molecule has 0 radical (unpaired) electrons. The Bertz CT molecular complexity index is 698. The van der Waals surface area contributed by atoms with Crippen LogP contribution in [-0.2, 0) is 15.6 Å². The Kier molecular flexibility index (Phi) is 5.31. The highest BCUT2D eigenvalue weighted by atomic mass is 35.5. The largest absolute Gasteiger partial charge is 0.325 e. The van der Waals surface area contributed by atoms with Gasteiger partial charge in [0, 0.05) is 27.8 Å². The predicted octanol–water partition coefficient (Wildman–Crippen LogP) is 3.58. The summed E-state index contributed by atoms with van der Waals surface area (Å²) in [4.78, 5) is 12.0. The molecule has 0 aliphatic rings. The molecule has 0 saturated carbocycles. The maximum absolute atomic E-state index is 12.4. The van der Waals surface area contributed by atoms with E-state index >= 15 is 0 Å². The number of hydrogen-bond donors (Lipinski definition) is 1. The smallest absolute Gasteiger partial charge is 0.221 e. The van der Waals surface area contributed by atoms with Crippen LogP contribution < -0.4 is 5.32 Å². The number of hydrogen-bond acceptors (Lipinski definition) is 2. The molecule has 0 heterocycles. The minimum absolute atomic E-state index is 0.244. The molecule has 0 aliphatic heterocycles. The molecule has 1 N–H and O–H groups in total. The molecule has 0 bridgehead atoms. The zero-order valence-corrected chi connectivity index (χ0v) is 12.9. The second-order valence-corrected chi connectivity index (χ2v) is 6.01. The second kappa shape index (κ2) is 7.20. The van der Waals surface area contributed by atoms with Gasteiger partial charge in [-0.05, 0) is 18.2 Å². The number of carbonyl (C=O) groups is 1. The van der Waals surface area contributed by atoms with Crippen LogP contribution >= 0.6 is 11.6 Å². The summed E-state index contributed by atoms with van der Waals surface area (Å²) in [5, 5.41) is 4.67. The molecule has 2 aromatic rings. The fourth-order valence-corrected chi connectivity index (χ4v) is 2.96. The lowest BCUT2D eigenvalue weighted by atomic mass is 10.2. The third-order valence-electron chi connectivity index (χ3n) is 2.68. The molecule has 0 spiro atoms. The van der Waals surface area contributed by atoms with Crippen molar-refractivity contribution in [1.82, 2.24) is 5.32 Å². The van der Waals surface area contributed by atoms with E-state index in [2.05, 4.69) is 5.32 Å². The Morgan fingerprint density at radius 3 is 2.33 bits per heavy atom. The van der Waals surface area contributed by atoms with Gasteiger partial charge in [-0.15, -0.1) is 0 Å². The number of rotatable bonds is 4. The fourth-order valence-electron chi connectivity index (χ4n) is 1.76. The van der Waals surface area contributed by atoms with Crippen LogP contribution in [0.5, 0.6) is 0 Å². The molecule has 0 fully saturated rings. The van der Waals surface area contributed by atoms with E-state index in [0.29, 0.717) is 21.2 Å². The summed E-state index contributed by atoms with van der Waals surface area (Å²) in [7, 11) is -1.37. The average Bonchev–Trinajstić information content (AvgIpc) is 2.47. The Hall–Kier alpha value is -1.91. The zero-order chi connectivity index (χ0) is 15.2. The molecule has 2 rings (SSSR count). The van der Waals surface area contributed by atoms with Crippen LogP contribution in [0.15, 0.2) is 64.9 Å². The molecule has 0 aromatic heterocycles. The number of benzene rings is 2. The summed E-state index contributed by atoms with van der Waals surface area (Å²) in [5.41, 5.74) is 1.08. The van der Waals surface area contributed by atoms with Gasteiger partial charge < -0.3 is 5.32 Å². The molecule has 1 amide bonds. The van der Waals surface area contributed by atoms with Gasteiger partial charge in [0.25, 0.3) is 0 Å². The van der Waals surface area contributed by atoms with Gasteiger partial charge in [-0.3, -0.25) is 4.79 Å². The number of halogens is 1. The van der Waals surface area contributed by atoms with E-state index in [4.69, 9.17) is 11.6 Å². The van der Waals surface area contributed by atoms with Crippen molar-refractivity contribution in [2.45, 2.75) is 11.8 Å². The van der Waals surface area contributed by atoms with Gasteiger partial charge in [0.2, 0.25) is 5.91 Å². The normalized spacial score (nSPS) is 12.8. The molecule has 3 nitrogen and oxygen atoms in total. The van der Waals surface area contributed by atoms with Crippen LogP contribution in [0.3, 0.4) is 0 Å². The van der Waals surface area contributed by atoms with Crippen molar-refractivity contribution in [3.8, 4) is 0 Å². The Morgan fingerprint density at radius 2 is 1.71 bits per heavy atom. The highest BCUT2D eigenvalue weighted by molar-refractivity contribution is 7.88. The first kappa shape index (κ1) is 15.5. The van der Waals surface area contributed by atoms with E-state index in [-0.39, 0.29) is 5.91 Å². The van der Waals surface area contributed by atoms with Gasteiger partial charge in [-0.2, -0.15) is 0 Å². The molecular weight excluding hydrogens is 306 g/mol. The third-order valence-corrected chi connectivity index (χ3v) is 4.19. The van der Waals surface area contributed by atoms with E-state index in [1.807, 2.05) is 24.3 Å². The highest BCUT2D eigenvalue weighted by Gasteiger charge is 2.10. The van der Waals surface area contributed by atoms with E-state index < -0.39 is 10.8 Å². The van der Waals surface area contributed by atoms with Gasteiger partial charge in [0.15, 0.2) is 0 Å². The lowest BCUT2D eigenvalue weighted by molar-refractivity contribution is -0.117. The molecule has 5 heteroatoms. The first-order valence-corrected chi connectivity index (χ1v) is 7.87. The van der Waals surface area contributed by atoms with Crippen LogP contribution in [0.25, 0.3) is 5.70 Å². The second-order valence-electron chi connectivity index (χ2n) is 4.30. The quantitative estimate of drug-likeness (QED) is 0.936. The van der Waals surface area contributed by atoms with Crippen LogP contribution in [0.1, 0.15) is 12.5 Å². The molecule has 1 atom stereocenters. The summed E-state index contributed by atoms with van der Waals surface area (Å²) in [6.07, 6.45) is 0. The van der Waals surface area contributed by atoms with Crippen LogP contribution in [0.4, 0.5) is 0 Å². The molecule has 2 aromatic carbocycles. The van der Waals surface area contributed by atoms with E-state index in [9.17, 15) is 9.00 Å². The van der Waals surface area contributed by atoms with Crippen molar-refractivity contribution in [2.75, 3.05) is 0 Å². The monoisotopic (exact) mass is 319 g/mol. The topological polar surface area (TPSA) is 46.2 Å². The van der Waals surface area contributed by atoms with Crippen molar-refractivity contribution < 1.29 is 9.00 Å². The van der Waals surface area contributed by atoms with Crippen molar-refractivity contribution in [3.05, 3.63) is 70.6 Å². The van der Waals surface area contributed by atoms with E-state index in [1.54, 1.807) is 30.3 Å². The van der Waals surface area contributed by atoms with Gasteiger partial charge in [-0.1, -0.05) is 48.0 Å². The number of carbonyl (C=O) groups excluding carboxylic acids is 1. The Balaban J connectivity index is 2.41. The van der Waals surface area contributed by atoms with Gasteiger partial charge >= 0.3 is 0 Å². The van der Waals surface area contributed by atoms with Gasteiger partial charge in [-0.25, -0.2) is 4.21 Å². The summed E-state index contributed by atoms with van der Waals surface area (Å²) >= 11 is 6.14. The van der Waals surface area contributed by atoms with Crippen molar-refractivity contribution in [2.24, 2.45) is 0 Å². The number of amides is 1. The van der Waals surface area contributed by atoms with Crippen molar-refractivity contribution in [1.29, 1.82) is 0 Å². The highest BCUT2D eigenvalue weighted by Crippen LogP contribution is 2.23. The summed E-state index contributed by atoms with van der Waals surface area (Å²) in [6, 6.07) is 16.1. The molecule has 1 unspecified atom stereocenters. The van der Waals surface area contributed by atoms with Crippen LogP contribution in [-0.4, -0.2) is 10.1 Å². The summed E-state index contributed by atoms with van der Waals surface area (Å²) in [6.45, 7) is 1.40. The fraction of sp³-hybridized carbons (Fsp3) is 0.0625. The molecule has 0 aliphatic carbocycles. The lowest BCUT2D eigenvalue weighted by Crippen LogP contribution is -2.18. The van der Waals surface area contributed by atoms with Crippen LogP contribution in [0, 0.1) is 0 Å². The SMILES string of the molecule is CC(=O)N/C(=C/S(=O)c1ccccc1)c1ccccc1Cl. The summed E-state index contributed by atoms with van der Waals surface area (Å²) < 4.78 is 12.4. The van der Waals surface area contributed by atoms with E-state index in [1.165, 1.54) is 12.3 Å². The Morgan fingerprint density at radius 1 is 1.10 bits per heavy atom. The predicted molar refractivity (Wildman–Crippen MR) is 86.1 cm³/mol. The minimum atomic E-state index is -1.37. The van der Waals surface area contributed by atoms with E-state index in [0.717, 1.165) is 0 Å². The summed E-state index contributed by atoms with van der Waals surface area (Å²) in [5.74, 6) is -0.244. The third kappa shape index (κ3) is 4.28. The zero-order valence-electron chi connectivity index (χ0n) is 11.4. The van der Waals surface area contributed by atoms with Crippen molar-refractivity contribution >= 4 is 34.0 Å². The van der Waals surface area contributed by atoms with Crippen LogP contribution in [0.2, 0.25) is 5.02 Å². The molecule has 0 saturated heterocycles. The van der Waals surface area contributed by atoms with Gasteiger partial charge in [0.05, 0.1) is 16.5 Å². The standard InChI is InChI=1S/C16H14ClNO2S/c1-12(19)18-16(14-9-5-6-10-15(14)17)11-21(20)13-7-3-2-4-8-13/h2-11H,1H3,(H,18,19)/b16-11+. The maximum Gasteiger partial charge on any atom is 0.221 e. The lowest BCUT2D eigenvalue weighted by Gasteiger charge is -2.10. The van der Waals surface area contributed by atoms with Gasteiger partial charge in [0.1, 0.15) is 0 Å². The maximum atomic E-state index is 12.4. The molecular formula is C16H14ClNO2S. The Labute approximate surface area is 131 Å². The van der Waals surface area contributed by atoms with Crippen molar-refractivity contribution in [3.63, 3.8) is 0 Å². The number of nitrogens with one attached hydrogen (secondary N) is 1. The first-order valence-electron chi connectivity index (χ1n) is 6.28. The minimum Gasteiger partial charge on any atom is -0.325 e. The molecule has 21 heavy (non-hydrogen) atoms. The first-order chi connectivity index (χ1) is 10.1. The molecule has 108 valence electrons.